The van der Waals surface area contributed by atoms with Crippen LogP contribution in [0.4, 0.5) is 0 Å². The Morgan fingerprint density at radius 3 is 2.70 bits per heavy atom. The molecule has 33 heavy (non-hydrogen) atoms. The summed E-state index contributed by atoms with van der Waals surface area (Å²) in [4.78, 5) is 17.1. The number of carbonyl (C=O) groups is 1. The molecule has 1 aliphatic carbocycles. The number of amides is 1. The van der Waals surface area contributed by atoms with E-state index in [1.807, 2.05) is 49.5 Å². The fraction of sp³-hybridized carbons (Fsp3) is 0.440. The molecule has 174 valence electrons. The molecular formula is C25H31N5O2S. The number of thioether (sulfide) groups is 1. The van der Waals surface area contributed by atoms with Crippen molar-refractivity contribution in [2.75, 3.05) is 7.11 Å². The van der Waals surface area contributed by atoms with Gasteiger partial charge in [0.25, 0.3) is 0 Å². The van der Waals surface area contributed by atoms with Crippen LogP contribution in [0.15, 0.2) is 53.9 Å². The van der Waals surface area contributed by atoms with E-state index >= 15 is 0 Å². The zero-order valence-electron chi connectivity index (χ0n) is 19.4. The lowest BCUT2D eigenvalue weighted by Gasteiger charge is -2.31. The van der Waals surface area contributed by atoms with Crippen LogP contribution in [0.1, 0.15) is 51.1 Å². The van der Waals surface area contributed by atoms with E-state index in [1.165, 1.54) is 31.0 Å². The van der Waals surface area contributed by atoms with E-state index in [0.29, 0.717) is 18.5 Å². The predicted molar refractivity (Wildman–Crippen MR) is 130 cm³/mol. The van der Waals surface area contributed by atoms with E-state index in [2.05, 4.69) is 32.0 Å². The highest BCUT2D eigenvalue weighted by Gasteiger charge is 2.30. The molecule has 3 atom stereocenters. The van der Waals surface area contributed by atoms with E-state index in [0.717, 1.165) is 34.3 Å². The second kappa shape index (κ2) is 10.8. The zero-order valence-corrected chi connectivity index (χ0v) is 20.2. The smallest absolute Gasteiger partial charge is 0.233 e. The molecule has 0 aliphatic heterocycles. The summed E-state index contributed by atoms with van der Waals surface area (Å²) in [7, 11) is 1.64. The lowest BCUT2D eigenvalue weighted by atomic mass is 9.85. The fourth-order valence-corrected chi connectivity index (χ4v) is 5.25. The molecule has 3 aromatic rings. The van der Waals surface area contributed by atoms with Crippen LogP contribution in [0.2, 0.25) is 0 Å². The molecular weight excluding hydrogens is 434 g/mol. The summed E-state index contributed by atoms with van der Waals surface area (Å²) in [6.07, 6.45) is 8.33. The van der Waals surface area contributed by atoms with Crippen molar-refractivity contribution in [3.05, 3.63) is 54.4 Å². The van der Waals surface area contributed by atoms with Gasteiger partial charge in [-0.25, -0.2) is 0 Å². The van der Waals surface area contributed by atoms with Gasteiger partial charge >= 0.3 is 0 Å². The Labute approximate surface area is 199 Å². The standard InChI is InChI=1S/C25H31N5O2S/c1-17-7-4-5-9-22(17)30-23(20-8-6-14-26-16-20)28-29-25(30)33-18(2)24(31)27-15-19-10-12-21(32-3)13-11-19/h6,8,10-14,16-18,22H,4-5,7,9,15H2,1-3H3,(H,27,31)/t17-,18+,22-/m1/s1. The highest BCUT2D eigenvalue weighted by atomic mass is 32.2. The predicted octanol–water partition coefficient (Wildman–Crippen LogP) is 4.90. The van der Waals surface area contributed by atoms with E-state index in [4.69, 9.17) is 4.74 Å². The van der Waals surface area contributed by atoms with Crippen LogP contribution in [0, 0.1) is 5.92 Å². The number of aromatic nitrogens is 4. The van der Waals surface area contributed by atoms with Crippen LogP contribution >= 0.6 is 11.8 Å². The van der Waals surface area contributed by atoms with Crippen molar-refractivity contribution in [1.29, 1.82) is 0 Å². The van der Waals surface area contributed by atoms with Crippen molar-refractivity contribution in [3.63, 3.8) is 0 Å². The SMILES string of the molecule is COc1ccc(CNC(=O)[C@H](C)Sc2nnc(-c3cccnc3)n2[C@@H]2CCCC[C@H]2C)cc1. The summed E-state index contributed by atoms with van der Waals surface area (Å²) < 4.78 is 7.44. The highest BCUT2D eigenvalue weighted by Crippen LogP contribution is 2.39. The molecule has 2 heterocycles. The van der Waals surface area contributed by atoms with E-state index in [9.17, 15) is 4.79 Å². The van der Waals surface area contributed by atoms with Crippen molar-refractivity contribution in [1.82, 2.24) is 25.1 Å². The Hall–Kier alpha value is -2.87. The summed E-state index contributed by atoms with van der Waals surface area (Å²) in [5.74, 6) is 2.14. The number of hydrogen-bond acceptors (Lipinski definition) is 6. The van der Waals surface area contributed by atoms with Crippen LogP contribution in [0.5, 0.6) is 5.75 Å². The summed E-state index contributed by atoms with van der Waals surface area (Å²) in [5.41, 5.74) is 1.98. The molecule has 1 saturated carbocycles. The number of benzene rings is 1. The lowest BCUT2D eigenvalue weighted by molar-refractivity contribution is -0.120. The molecule has 1 aliphatic rings. The molecule has 0 saturated heterocycles. The van der Waals surface area contributed by atoms with Crippen molar-refractivity contribution < 1.29 is 9.53 Å². The summed E-state index contributed by atoms with van der Waals surface area (Å²) in [6.45, 7) is 4.69. The third-order valence-corrected chi connectivity index (χ3v) is 7.32. The lowest BCUT2D eigenvalue weighted by Crippen LogP contribution is -2.31. The number of pyridine rings is 1. The Morgan fingerprint density at radius 1 is 1.21 bits per heavy atom. The number of carbonyl (C=O) groups excluding carboxylic acids is 1. The first-order chi connectivity index (χ1) is 16.1. The molecule has 1 aromatic carbocycles. The van der Waals surface area contributed by atoms with E-state index in [1.54, 1.807) is 13.3 Å². The average Bonchev–Trinajstić information content (AvgIpc) is 3.26. The molecule has 0 spiro atoms. The third-order valence-electron chi connectivity index (χ3n) is 6.26. The maximum absolute atomic E-state index is 12.8. The second-order valence-electron chi connectivity index (χ2n) is 8.57. The number of nitrogens with zero attached hydrogens (tertiary/aromatic N) is 4. The molecule has 0 unspecified atom stereocenters. The molecule has 0 radical (unpaired) electrons. The van der Waals surface area contributed by atoms with Gasteiger partial charge in [-0.3, -0.25) is 14.3 Å². The molecule has 2 aromatic heterocycles. The minimum absolute atomic E-state index is 0.0232. The summed E-state index contributed by atoms with van der Waals surface area (Å²) >= 11 is 1.47. The Balaban J connectivity index is 1.50. The van der Waals surface area contributed by atoms with Gasteiger partial charge in [0.1, 0.15) is 5.75 Å². The molecule has 0 bridgehead atoms. The average molecular weight is 466 g/mol. The molecule has 1 amide bonds. The van der Waals surface area contributed by atoms with Gasteiger partial charge in [-0.2, -0.15) is 0 Å². The number of ether oxygens (including phenoxy) is 1. The first-order valence-corrected chi connectivity index (χ1v) is 12.4. The first kappa shape index (κ1) is 23.3. The monoisotopic (exact) mass is 465 g/mol. The molecule has 4 rings (SSSR count). The largest absolute Gasteiger partial charge is 0.497 e. The van der Waals surface area contributed by atoms with E-state index < -0.39 is 0 Å². The zero-order chi connectivity index (χ0) is 23.2. The van der Waals surface area contributed by atoms with Gasteiger partial charge in [-0.15, -0.1) is 10.2 Å². The van der Waals surface area contributed by atoms with Gasteiger partial charge in [0.2, 0.25) is 5.91 Å². The number of nitrogens with one attached hydrogen (secondary N) is 1. The topological polar surface area (TPSA) is 81.9 Å². The van der Waals surface area contributed by atoms with Gasteiger partial charge < -0.3 is 10.1 Å². The molecule has 1 fully saturated rings. The van der Waals surface area contributed by atoms with Gasteiger partial charge in [0, 0.05) is 30.5 Å². The highest BCUT2D eigenvalue weighted by molar-refractivity contribution is 8.00. The fourth-order valence-electron chi connectivity index (χ4n) is 4.32. The maximum atomic E-state index is 12.8. The number of hydrogen-bond donors (Lipinski definition) is 1. The van der Waals surface area contributed by atoms with Crippen molar-refractivity contribution in [2.45, 2.75) is 62.5 Å². The number of methoxy groups -OCH3 is 1. The van der Waals surface area contributed by atoms with Crippen LogP contribution in [0.3, 0.4) is 0 Å². The second-order valence-corrected chi connectivity index (χ2v) is 9.88. The van der Waals surface area contributed by atoms with Gasteiger partial charge in [-0.05, 0) is 55.5 Å². The first-order valence-electron chi connectivity index (χ1n) is 11.5. The van der Waals surface area contributed by atoms with Crippen molar-refractivity contribution >= 4 is 17.7 Å². The van der Waals surface area contributed by atoms with Crippen LogP contribution in [-0.2, 0) is 11.3 Å². The minimum Gasteiger partial charge on any atom is -0.497 e. The van der Waals surface area contributed by atoms with Crippen LogP contribution in [0.25, 0.3) is 11.4 Å². The van der Waals surface area contributed by atoms with Crippen molar-refractivity contribution in [3.8, 4) is 17.1 Å². The molecule has 1 N–H and O–H groups in total. The van der Waals surface area contributed by atoms with Gasteiger partial charge in [0.05, 0.1) is 12.4 Å². The molecule has 8 heteroatoms. The Kier molecular flexibility index (Phi) is 7.65. The van der Waals surface area contributed by atoms with Crippen LogP contribution < -0.4 is 10.1 Å². The molecule has 7 nitrogen and oxygen atoms in total. The summed E-state index contributed by atoms with van der Waals surface area (Å²) in [6, 6.07) is 12.0. The normalized spacial score (nSPS) is 19.1. The Bertz CT molecular complexity index is 1050. The number of rotatable bonds is 8. The van der Waals surface area contributed by atoms with Gasteiger partial charge in [0.15, 0.2) is 11.0 Å². The minimum atomic E-state index is -0.299. The maximum Gasteiger partial charge on any atom is 0.233 e. The quantitative estimate of drug-likeness (QED) is 0.477. The van der Waals surface area contributed by atoms with Gasteiger partial charge in [-0.1, -0.05) is 43.7 Å². The third kappa shape index (κ3) is 5.55. The van der Waals surface area contributed by atoms with Crippen molar-refractivity contribution in [2.24, 2.45) is 5.92 Å². The van der Waals surface area contributed by atoms with E-state index in [-0.39, 0.29) is 11.2 Å². The van der Waals surface area contributed by atoms with Crippen LogP contribution in [-0.4, -0.2) is 38.0 Å². The Morgan fingerprint density at radius 2 is 2.00 bits per heavy atom. The summed E-state index contributed by atoms with van der Waals surface area (Å²) in [5, 5.41) is 12.6.